The summed E-state index contributed by atoms with van der Waals surface area (Å²) in [5, 5.41) is 4.01. The second kappa shape index (κ2) is 7.14. The lowest BCUT2D eigenvalue weighted by Gasteiger charge is -2.02. The number of nitrogens with zero attached hydrogens (tertiary/aromatic N) is 2. The molecule has 5 heteroatoms. The third kappa shape index (κ3) is 5.04. The van der Waals surface area contributed by atoms with Crippen molar-refractivity contribution in [3.8, 4) is 0 Å². The van der Waals surface area contributed by atoms with Crippen LogP contribution in [0.4, 0.5) is 0 Å². The van der Waals surface area contributed by atoms with Crippen molar-refractivity contribution < 1.29 is 14.3 Å². The molecule has 1 rings (SSSR count). The Hall–Kier alpha value is -1.20. The van der Waals surface area contributed by atoms with Crippen molar-refractivity contribution in [2.24, 2.45) is 7.05 Å². The summed E-state index contributed by atoms with van der Waals surface area (Å²) in [4.78, 5) is 11.5. The van der Waals surface area contributed by atoms with Crippen molar-refractivity contribution in [2.75, 3.05) is 26.9 Å². The van der Waals surface area contributed by atoms with Gasteiger partial charge in [0.1, 0.15) is 5.78 Å². The molecule has 0 radical (unpaired) electrons. The molecule has 0 saturated carbocycles. The summed E-state index contributed by atoms with van der Waals surface area (Å²) in [7, 11) is 3.46. The maximum absolute atomic E-state index is 11.5. The number of hydrogen-bond donors (Lipinski definition) is 0. The monoisotopic (exact) mass is 226 g/mol. The van der Waals surface area contributed by atoms with Gasteiger partial charge < -0.3 is 9.47 Å². The number of hydrogen-bond acceptors (Lipinski definition) is 4. The fourth-order valence-corrected chi connectivity index (χ4v) is 1.31. The predicted octanol–water partition coefficient (Wildman–Crippen LogP) is 0.585. The maximum atomic E-state index is 11.5. The summed E-state index contributed by atoms with van der Waals surface area (Å²) in [6.07, 6.45) is 4.44. The molecule has 0 spiro atoms. The molecule has 1 heterocycles. The molecule has 16 heavy (non-hydrogen) atoms. The molecule has 0 saturated heterocycles. The van der Waals surface area contributed by atoms with Crippen LogP contribution in [0.15, 0.2) is 12.4 Å². The fourth-order valence-electron chi connectivity index (χ4n) is 1.31. The van der Waals surface area contributed by atoms with Gasteiger partial charge in [-0.25, -0.2) is 0 Å². The Labute approximate surface area is 95.3 Å². The van der Waals surface area contributed by atoms with Gasteiger partial charge in [-0.3, -0.25) is 9.48 Å². The minimum atomic E-state index is 0.172. The average molecular weight is 226 g/mol. The smallest absolute Gasteiger partial charge is 0.139 e. The van der Waals surface area contributed by atoms with Gasteiger partial charge in [0.2, 0.25) is 0 Å². The van der Waals surface area contributed by atoms with Gasteiger partial charge in [-0.2, -0.15) is 5.10 Å². The van der Waals surface area contributed by atoms with Gasteiger partial charge in [0.25, 0.3) is 0 Å². The molecule has 0 amide bonds. The van der Waals surface area contributed by atoms with Gasteiger partial charge in [0, 0.05) is 33.2 Å². The number of ether oxygens (including phenoxy) is 2. The molecule has 0 fully saturated rings. The Morgan fingerprint density at radius 1 is 1.44 bits per heavy atom. The molecular formula is C11H18N2O3. The largest absolute Gasteiger partial charge is 0.382 e. The van der Waals surface area contributed by atoms with Crippen molar-refractivity contribution in [1.82, 2.24) is 9.78 Å². The summed E-state index contributed by atoms with van der Waals surface area (Å²) in [6.45, 7) is 1.57. The van der Waals surface area contributed by atoms with Crippen LogP contribution in [-0.4, -0.2) is 42.5 Å². The molecule has 0 aromatic carbocycles. The quantitative estimate of drug-likeness (QED) is 0.609. The molecule has 0 N–H and O–H groups in total. The molecule has 0 aliphatic carbocycles. The Morgan fingerprint density at radius 2 is 2.25 bits per heavy atom. The molecule has 0 atom stereocenters. The third-order valence-corrected chi connectivity index (χ3v) is 2.12. The van der Waals surface area contributed by atoms with Crippen LogP contribution < -0.4 is 0 Å². The lowest BCUT2D eigenvalue weighted by atomic mass is 10.1. The number of ketones is 1. The number of methoxy groups -OCH3 is 1. The number of rotatable bonds is 8. The predicted molar refractivity (Wildman–Crippen MR) is 59.2 cm³/mol. The Kier molecular flexibility index (Phi) is 5.74. The molecule has 1 aromatic heterocycles. The first kappa shape index (κ1) is 12.9. The molecule has 0 aliphatic rings. The molecule has 0 bridgehead atoms. The van der Waals surface area contributed by atoms with Gasteiger partial charge in [-0.1, -0.05) is 0 Å². The zero-order valence-corrected chi connectivity index (χ0v) is 9.81. The van der Waals surface area contributed by atoms with Gasteiger partial charge in [-0.15, -0.1) is 0 Å². The van der Waals surface area contributed by atoms with E-state index in [9.17, 15) is 4.79 Å². The summed E-state index contributed by atoms with van der Waals surface area (Å²) in [5.74, 6) is 0.172. The lowest BCUT2D eigenvalue weighted by Crippen LogP contribution is -2.09. The Morgan fingerprint density at radius 3 is 2.88 bits per heavy atom. The van der Waals surface area contributed by atoms with Gasteiger partial charge in [0.15, 0.2) is 0 Å². The summed E-state index contributed by atoms with van der Waals surface area (Å²) < 4.78 is 11.7. The minimum absolute atomic E-state index is 0.172. The van der Waals surface area contributed by atoms with Crippen LogP contribution in [0.3, 0.4) is 0 Å². The van der Waals surface area contributed by atoms with Crippen molar-refractivity contribution in [3.05, 3.63) is 18.0 Å². The van der Waals surface area contributed by atoms with E-state index in [1.165, 1.54) is 0 Å². The van der Waals surface area contributed by atoms with E-state index in [0.717, 1.165) is 5.56 Å². The topological polar surface area (TPSA) is 53.4 Å². The molecule has 0 unspecified atom stereocenters. The van der Waals surface area contributed by atoms with Crippen LogP contribution in [0.5, 0.6) is 0 Å². The van der Waals surface area contributed by atoms with Gasteiger partial charge in [0.05, 0.1) is 26.0 Å². The first-order valence-electron chi connectivity index (χ1n) is 5.28. The second-order valence-electron chi connectivity index (χ2n) is 3.59. The van der Waals surface area contributed by atoms with Crippen LogP contribution in [-0.2, 0) is 27.7 Å². The summed E-state index contributed by atoms with van der Waals surface area (Å²) in [5.41, 5.74) is 0.949. The number of carbonyl (C=O) groups is 1. The van der Waals surface area contributed by atoms with Crippen molar-refractivity contribution in [2.45, 2.75) is 12.8 Å². The van der Waals surface area contributed by atoms with Crippen molar-refractivity contribution >= 4 is 5.78 Å². The lowest BCUT2D eigenvalue weighted by molar-refractivity contribution is -0.119. The average Bonchev–Trinajstić information content (AvgIpc) is 2.63. The van der Waals surface area contributed by atoms with Crippen LogP contribution in [0.1, 0.15) is 12.0 Å². The standard InChI is InChI=1S/C11H18N2O3/c1-13-9-10(8-12-13)7-11(14)3-4-16-6-5-15-2/h8-9H,3-7H2,1-2H3. The Balaban J connectivity index is 2.11. The number of carbonyl (C=O) groups excluding carboxylic acids is 1. The first-order chi connectivity index (χ1) is 7.72. The molecule has 5 nitrogen and oxygen atoms in total. The summed E-state index contributed by atoms with van der Waals surface area (Å²) >= 11 is 0. The van der Waals surface area contributed by atoms with Crippen LogP contribution in [0.25, 0.3) is 0 Å². The Bertz CT molecular complexity index is 323. The molecule has 0 aliphatic heterocycles. The number of aryl methyl sites for hydroxylation is 1. The van der Waals surface area contributed by atoms with E-state index in [2.05, 4.69) is 5.10 Å². The number of aromatic nitrogens is 2. The minimum Gasteiger partial charge on any atom is -0.382 e. The van der Waals surface area contributed by atoms with E-state index in [-0.39, 0.29) is 5.78 Å². The van der Waals surface area contributed by atoms with Crippen LogP contribution in [0.2, 0.25) is 0 Å². The highest BCUT2D eigenvalue weighted by Crippen LogP contribution is 2.00. The van der Waals surface area contributed by atoms with Crippen molar-refractivity contribution in [1.29, 1.82) is 0 Å². The summed E-state index contributed by atoms with van der Waals surface area (Å²) in [6, 6.07) is 0. The van der Waals surface area contributed by atoms with E-state index in [4.69, 9.17) is 9.47 Å². The fraction of sp³-hybridized carbons (Fsp3) is 0.636. The second-order valence-corrected chi connectivity index (χ2v) is 3.59. The molecule has 90 valence electrons. The van der Waals surface area contributed by atoms with E-state index in [1.54, 1.807) is 18.0 Å². The van der Waals surface area contributed by atoms with Gasteiger partial charge in [-0.05, 0) is 5.56 Å². The van der Waals surface area contributed by atoms with E-state index >= 15 is 0 Å². The number of Topliss-reactive ketones (excluding diaryl/α,β-unsaturated/α-hetero) is 1. The normalized spacial score (nSPS) is 10.6. The van der Waals surface area contributed by atoms with Crippen LogP contribution in [0, 0.1) is 0 Å². The maximum Gasteiger partial charge on any atom is 0.139 e. The SMILES string of the molecule is COCCOCCC(=O)Cc1cnn(C)c1. The first-order valence-corrected chi connectivity index (χ1v) is 5.28. The highest BCUT2D eigenvalue weighted by atomic mass is 16.5. The van der Waals surface area contributed by atoms with E-state index in [0.29, 0.717) is 32.7 Å². The molecular weight excluding hydrogens is 208 g/mol. The van der Waals surface area contributed by atoms with Crippen molar-refractivity contribution in [3.63, 3.8) is 0 Å². The van der Waals surface area contributed by atoms with E-state index < -0.39 is 0 Å². The van der Waals surface area contributed by atoms with Crippen LogP contribution >= 0.6 is 0 Å². The zero-order chi connectivity index (χ0) is 11.8. The highest BCUT2D eigenvalue weighted by Gasteiger charge is 2.05. The van der Waals surface area contributed by atoms with Gasteiger partial charge >= 0.3 is 0 Å². The highest BCUT2D eigenvalue weighted by molar-refractivity contribution is 5.80. The third-order valence-electron chi connectivity index (χ3n) is 2.12. The zero-order valence-electron chi connectivity index (χ0n) is 9.81. The molecule has 1 aromatic rings. The van der Waals surface area contributed by atoms with E-state index in [1.807, 2.05) is 13.2 Å².